The second-order valence-corrected chi connectivity index (χ2v) is 7.82. The lowest BCUT2D eigenvalue weighted by Crippen LogP contribution is -2.44. The molecular formula is C22H25N3O4. The molecule has 0 saturated carbocycles. The Morgan fingerprint density at radius 3 is 2.97 bits per heavy atom. The van der Waals surface area contributed by atoms with Gasteiger partial charge in [-0.2, -0.15) is 0 Å². The van der Waals surface area contributed by atoms with E-state index >= 15 is 0 Å². The highest BCUT2D eigenvalue weighted by Crippen LogP contribution is 2.31. The summed E-state index contributed by atoms with van der Waals surface area (Å²) in [4.78, 5) is 43.6. The molecule has 2 aromatic heterocycles. The first-order chi connectivity index (χ1) is 14.0. The predicted octanol–water partition coefficient (Wildman–Crippen LogP) is 2.78. The van der Waals surface area contributed by atoms with Gasteiger partial charge in [-0.3, -0.25) is 19.4 Å². The number of piperidine rings is 1. The van der Waals surface area contributed by atoms with Gasteiger partial charge in [-0.1, -0.05) is 0 Å². The van der Waals surface area contributed by atoms with Crippen LogP contribution in [0.2, 0.25) is 0 Å². The molecule has 29 heavy (non-hydrogen) atoms. The Labute approximate surface area is 169 Å². The lowest BCUT2D eigenvalue weighted by Gasteiger charge is -2.33. The fourth-order valence-electron chi connectivity index (χ4n) is 4.28. The normalized spacial score (nSPS) is 19.0. The topological polar surface area (TPSA) is 92.5 Å². The molecule has 3 heterocycles. The van der Waals surface area contributed by atoms with Gasteiger partial charge in [0, 0.05) is 44.9 Å². The number of amides is 2. The molecule has 1 fully saturated rings. The number of carbonyl (C=O) groups is 3. The highest BCUT2D eigenvalue weighted by atomic mass is 16.3. The minimum atomic E-state index is -0.160. The monoisotopic (exact) mass is 395 g/mol. The van der Waals surface area contributed by atoms with E-state index in [1.165, 1.54) is 6.20 Å². The Hall–Kier alpha value is -2.96. The highest BCUT2D eigenvalue weighted by Gasteiger charge is 2.34. The molecule has 4 rings (SSSR count). The average Bonchev–Trinajstić information content (AvgIpc) is 3.09. The van der Waals surface area contributed by atoms with Gasteiger partial charge in [0.05, 0.1) is 16.7 Å². The molecule has 0 radical (unpaired) electrons. The summed E-state index contributed by atoms with van der Waals surface area (Å²) in [5, 5.41) is 2.94. The van der Waals surface area contributed by atoms with Crippen LogP contribution in [0.25, 0.3) is 0 Å². The van der Waals surface area contributed by atoms with Gasteiger partial charge >= 0.3 is 0 Å². The third-order valence-electron chi connectivity index (χ3n) is 5.74. The first-order valence-electron chi connectivity index (χ1n) is 10.2. The van der Waals surface area contributed by atoms with E-state index in [-0.39, 0.29) is 23.5 Å². The summed E-state index contributed by atoms with van der Waals surface area (Å²) in [7, 11) is 0. The van der Waals surface area contributed by atoms with Gasteiger partial charge in [0.2, 0.25) is 0 Å². The van der Waals surface area contributed by atoms with Crippen LogP contribution >= 0.6 is 0 Å². The molecule has 0 spiro atoms. The number of likely N-dealkylation sites (tertiary alicyclic amines) is 1. The predicted molar refractivity (Wildman–Crippen MR) is 106 cm³/mol. The Balaban J connectivity index is 1.42. The fourth-order valence-corrected chi connectivity index (χ4v) is 4.28. The number of pyridine rings is 1. The van der Waals surface area contributed by atoms with Crippen LogP contribution in [0.15, 0.2) is 28.9 Å². The highest BCUT2D eigenvalue weighted by molar-refractivity contribution is 6.10. The van der Waals surface area contributed by atoms with Crippen LogP contribution in [0.4, 0.5) is 0 Å². The number of aryl methyl sites for hydroxylation is 2. The van der Waals surface area contributed by atoms with E-state index < -0.39 is 0 Å². The van der Waals surface area contributed by atoms with Crippen molar-refractivity contribution in [1.82, 2.24) is 15.2 Å². The van der Waals surface area contributed by atoms with Crippen LogP contribution in [0.3, 0.4) is 0 Å². The van der Waals surface area contributed by atoms with E-state index in [1.807, 2.05) is 0 Å². The Morgan fingerprint density at radius 2 is 2.17 bits per heavy atom. The van der Waals surface area contributed by atoms with Gasteiger partial charge in [-0.05, 0) is 44.2 Å². The van der Waals surface area contributed by atoms with E-state index in [9.17, 15) is 14.4 Å². The van der Waals surface area contributed by atoms with Crippen molar-refractivity contribution in [2.24, 2.45) is 5.92 Å². The zero-order valence-electron chi connectivity index (χ0n) is 16.6. The molecule has 2 amide bonds. The first-order valence-corrected chi connectivity index (χ1v) is 10.2. The number of hydrogen-bond donors (Lipinski definition) is 1. The molecule has 7 heteroatoms. The van der Waals surface area contributed by atoms with E-state index in [2.05, 4.69) is 10.3 Å². The molecule has 1 atom stereocenters. The van der Waals surface area contributed by atoms with Gasteiger partial charge < -0.3 is 14.6 Å². The summed E-state index contributed by atoms with van der Waals surface area (Å²) in [5.41, 5.74) is 1.45. The van der Waals surface area contributed by atoms with Crippen molar-refractivity contribution in [3.05, 3.63) is 52.7 Å². The third kappa shape index (κ3) is 3.95. The van der Waals surface area contributed by atoms with Crippen LogP contribution in [-0.2, 0) is 6.42 Å². The summed E-state index contributed by atoms with van der Waals surface area (Å²) < 4.78 is 5.74. The molecule has 0 bridgehead atoms. The zero-order chi connectivity index (χ0) is 20.4. The summed E-state index contributed by atoms with van der Waals surface area (Å²) >= 11 is 0. The standard InChI is InChI=1S/C22H25N3O4/c1-14-19(20-17(26)7-2-8-18(20)29-14)22(28)25-10-4-5-15(13-25)11-24-21(27)16-6-3-9-23-12-16/h3,6,9,12,15H,2,4-5,7-8,10-11,13H2,1H3,(H,24,27)/t15-/m0/s1. The number of rotatable bonds is 4. The van der Waals surface area contributed by atoms with E-state index in [0.717, 1.165) is 19.3 Å². The minimum absolute atomic E-state index is 0.00347. The number of nitrogens with one attached hydrogen (secondary N) is 1. The van der Waals surface area contributed by atoms with Gasteiger partial charge in [0.25, 0.3) is 11.8 Å². The van der Waals surface area contributed by atoms with E-state index in [4.69, 9.17) is 4.42 Å². The third-order valence-corrected chi connectivity index (χ3v) is 5.74. The van der Waals surface area contributed by atoms with Gasteiger partial charge in [0.15, 0.2) is 5.78 Å². The maximum atomic E-state index is 13.2. The Kier molecular flexibility index (Phi) is 5.47. The van der Waals surface area contributed by atoms with Crippen LogP contribution in [0.1, 0.15) is 68.3 Å². The van der Waals surface area contributed by atoms with Crippen molar-refractivity contribution in [1.29, 1.82) is 0 Å². The molecule has 2 aromatic rings. The summed E-state index contributed by atoms with van der Waals surface area (Å²) in [6.07, 6.45) is 6.92. The molecule has 1 N–H and O–H groups in total. The van der Waals surface area contributed by atoms with Crippen LogP contribution in [-0.4, -0.2) is 47.1 Å². The summed E-state index contributed by atoms with van der Waals surface area (Å²) in [6, 6.07) is 3.45. The van der Waals surface area contributed by atoms with Gasteiger partial charge in [0.1, 0.15) is 11.5 Å². The number of hydrogen-bond acceptors (Lipinski definition) is 5. The molecule has 1 saturated heterocycles. The second kappa shape index (κ2) is 8.19. The molecule has 152 valence electrons. The van der Waals surface area contributed by atoms with Crippen molar-refractivity contribution in [3.8, 4) is 0 Å². The van der Waals surface area contributed by atoms with E-state index in [0.29, 0.717) is 60.7 Å². The van der Waals surface area contributed by atoms with Gasteiger partial charge in [-0.15, -0.1) is 0 Å². The SMILES string of the molecule is Cc1oc2c(c1C(=O)N1CCC[C@@H](CNC(=O)c3cccnc3)C1)C(=O)CCC2. The smallest absolute Gasteiger partial charge is 0.258 e. The molecule has 0 unspecified atom stereocenters. The molecule has 1 aliphatic heterocycles. The fraction of sp³-hybridized carbons (Fsp3) is 0.455. The number of carbonyl (C=O) groups excluding carboxylic acids is 3. The number of nitrogens with zero attached hydrogens (tertiary/aromatic N) is 2. The van der Waals surface area contributed by atoms with Crippen molar-refractivity contribution in [2.75, 3.05) is 19.6 Å². The quantitative estimate of drug-likeness (QED) is 0.859. The second-order valence-electron chi connectivity index (χ2n) is 7.82. The number of ketones is 1. The number of Topliss-reactive ketones (excluding diaryl/α,β-unsaturated/α-hetero) is 1. The first kappa shape index (κ1) is 19.4. The van der Waals surface area contributed by atoms with Crippen LogP contribution in [0.5, 0.6) is 0 Å². The zero-order valence-corrected chi connectivity index (χ0v) is 16.6. The Morgan fingerprint density at radius 1 is 1.31 bits per heavy atom. The molecule has 2 aliphatic rings. The molecule has 7 nitrogen and oxygen atoms in total. The average molecular weight is 395 g/mol. The van der Waals surface area contributed by atoms with Crippen molar-refractivity contribution in [2.45, 2.75) is 39.0 Å². The minimum Gasteiger partial charge on any atom is -0.465 e. The maximum absolute atomic E-state index is 13.2. The lowest BCUT2D eigenvalue weighted by atomic mass is 9.92. The van der Waals surface area contributed by atoms with E-state index in [1.54, 1.807) is 30.2 Å². The largest absolute Gasteiger partial charge is 0.465 e. The molecule has 1 aliphatic carbocycles. The lowest BCUT2D eigenvalue weighted by molar-refractivity contribution is 0.0665. The van der Waals surface area contributed by atoms with Crippen LogP contribution < -0.4 is 5.32 Å². The summed E-state index contributed by atoms with van der Waals surface area (Å²) in [5.74, 6) is 1.07. The number of fused-ring (bicyclic) bond motifs is 1. The summed E-state index contributed by atoms with van der Waals surface area (Å²) in [6.45, 7) is 3.46. The molecule has 0 aromatic carbocycles. The van der Waals surface area contributed by atoms with Crippen molar-refractivity contribution in [3.63, 3.8) is 0 Å². The number of furan rings is 1. The maximum Gasteiger partial charge on any atom is 0.258 e. The van der Waals surface area contributed by atoms with Gasteiger partial charge in [-0.25, -0.2) is 0 Å². The Bertz CT molecular complexity index is 935. The molecular weight excluding hydrogens is 370 g/mol. The van der Waals surface area contributed by atoms with Crippen LogP contribution in [0, 0.1) is 12.8 Å². The van der Waals surface area contributed by atoms with Crippen molar-refractivity contribution >= 4 is 17.6 Å². The van der Waals surface area contributed by atoms with Crippen molar-refractivity contribution < 1.29 is 18.8 Å². The number of aromatic nitrogens is 1.